The molecule has 0 amide bonds. The largest absolute Gasteiger partial charge is 0.497 e. The minimum atomic E-state index is 0.686. The highest BCUT2D eigenvalue weighted by Crippen LogP contribution is 2.24. The number of rotatable bonds is 1. The summed E-state index contributed by atoms with van der Waals surface area (Å²) >= 11 is 0. The summed E-state index contributed by atoms with van der Waals surface area (Å²) in [4.78, 5) is 4.24. The second-order valence-electron chi connectivity index (χ2n) is 3.03. The van der Waals surface area contributed by atoms with E-state index in [1.807, 2.05) is 26.0 Å². The van der Waals surface area contributed by atoms with Gasteiger partial charge in [-0.2, -0.15) is 0 Å². The molecule has 3 nitrogen and oxygen atoms in total. The van der Waals surface area contributed by atoms with Gasteiger partial charge in [0.15, 0.2) is 11.5 Å². The fraction of sp³-hybridized carbons (Fsp3) is 0.300. The van der Waals surface area contributed by atoms with Gasteiger partial charge in [-0.05, 0) is 18.6 Å². The van der Waals surface area contributed by atoms with Crippen LogP contribution in [0.3, 0.4) is 0 Å². The molecule has 3 heteroatoms. The van der Waals surface area contributed by atoms with E-state index < -0.39 is 0 Å². The van der Waals surface area contributed by atoms with E-state index in [4.69, 9.17) is 9.15 Å². The highest BCUT2D eigenvalue weighted by atomic mass is 16.5. The Morgan fingerprint density at radius 1 is 1.31 bits per heavy atom. The minimum absolute atomic E-state index is 0.686. The van der Waals surface area contributed by atoms with Crippen LogP contribution >= 0.6 is 0 Å². The summed E-state index contributed by atoms with van der Waals surface area (Å²) in [5.74, 6) is 1.50. The van der Waals surface area contributed by atoms with E-state index in [0.717, 1.165) is 22.4 Å². The molecular weight excluding hydrogens is 166 g/mol. The van der Waals surface area contributed by atoms with Crippen LogP contribution in [0.4, 0.5) is 0 Å². The van der Waals surface area contributed by atoms with Gasteiger partial charge >= 0.3 is 0 Å². The standard InChI is InChI=1S/C10H11NO2/c1-6-4-8(12-3)5-9-10(6)13-7(2)11-9/h4-5H,1-3H3. The molecule has 1 aromatic heterocycles. The van der Waals surface area contributed by atoms with Crippen LogP contribution in [0.2, 0.25) is 0 Å². The first-order chi connectivity index (χ1) is 6.20. The van der Waals surface area contributed by atoms with Gasteiger partial charge in [0, 0.05) is 13.0 Å². The molecule has 0 aliphatic carbocycles. The molecule has 0 N–H and O–H groups in total. The first-order valence-corrected chi connectivity index (χ1v) is 4.12. The van der Waals surface area contributed by atoms with E-state index in [9.17, 15) is 0 Å². The summed E-state index contributed by atoms with van der Waals surface area (Å²) in [6.07, 6.45) is 0. The SMILES string of the molecule is COc1cc(C)c2oc(C)nc2c1. The third kappa shape index (κ3) is 1.26. The highest BCUT2D eigenvalue weighted by Gasteiger charge is 2.06. The number of benzene rings is 1. The number of methoxy groups -OCH3 is 1. The predicted molar refractivity (Wildman–Crippen MR) is 50.0 cm³/mol. The molecule has 0 atom stereocenters. The number of aryl methyl sites for hydroxylation is 2. The topological polar surface area (TPSA) is 35.3 Å². The van der Waals surface area contributed by atoms with Crippen LogP contribution < -0.4 is 4.74 Å². The van der Waals surface area contributed by atoms with E-state index in [-0.39, 0.29) is 0 Å². The van der Waals surface area contributed by atoms with Crippen LogP contribution in [0.25, 0.3) is 11.1 Å². The predicted octanol–water partition coefficient (Wildman–Crippen LogP) is 2.45. The van der Waals surface area contributed by atoms with Gasteiger partial charge in [0.25, 0.3) is 0 Å². The van der Waals surface area contributed by atoms with Crippen molar-refractivity contribution >= 4 is 11.1 Å². The summed E-state index contributed by atoms with van der Waals surface area (Å²) < 4.78 is 10.6. The third-order valence-electron chi connectivity index (χ3n) is 1.99. The van der Waals surface area contributed by atoms with Gasteiger partial charge in [0.2, 0.25) is 0 Å². The summed E-state index contributed by atoms with van der Waals surface area (Å²) in [6, 6.07) is 3.81. The maximum Gasteiger partial charge on any atom is 0.192 e. The second kappa shape index (κ2) is 2.76. The van der Waals surface area contributed by atoms with Gasteiger partial charge in [-0.15, -0.1) is 0 Å². The van der Waals surface area contributed by atoms with Gasteiger partial charge in [0.05, 0.1) is 7.11 Å². The Morgan fingerprint density at radius 2 is 2.08 bits per heavy atom. The summed E-state index contributed by atoms with van der Waals surface area (Å²) in [6.45, 7) is 3.82. The van der Waals surface area contributed by atoms with Crippen molar-refractivity contribution in [1.82, 2.24) is 4.98 Å². The van der Waals surface area contributed by atoms with Crippen molar-refractivity contribution in [2.75, 3.05) is 7.11 Å². The fourth-order valence-electron chi connectivity index (χ4n) is 1.40. The molecule has 2 aromatic rings. The van der Waals surface area contributed by atoms with Crippen molar-refractivity contribution in [3.8, 4) is 5.75 Å². The normalized spacial score (nSPS) is 10.7. The zero-order chi connectivity index (χ0) is 9.42. The Bertz CT molecular complexity index is 445. The molecule has 2 rings (SSSR count). The first-order valence-electron chi connectivity index (χ1n) is 4.12. The summed E-state index contributed by atoms with van der Waals surface area (Å²) in [7, 11) is 1.65. The maximum atomic E-state index is 5.43. The van der Waals surface area contributed by atoms with Crippen LogP contribution in [0.15, 0.2) is 16.5 Å². The van der Waals surface area contributed by atoms with Crippen molar-refractivity contribution < 1.29 is 9.15 Å². The number of aromatic nitrogens is 1. The quantitative estimate of drug-likeness (QED) is 0.671. The van der Waals surface area contributed by atoms with Crippen LogP contribution in [0, 0.1) is 13.8 Å². The molecule has 0 fully saturated rings. The lowest BCUT2D eigenvalue weighted by atomic mass is 10.2. The smallest absolute Gasteiger partial charge is 0.192 e. The Morgan fingerprint density at radius 3 is 2.77 bits per heavy atom. The molecule has 68 valence electrons. The number of oxazole rings is 1. The zero-order valence-electron chi connectivity index (χ0n) is 7.92. The molecule has 0 spiro atoms. The second-order valence-corrected chi connectivity index (χ2v) is 3.03. The Labute approximate surface area is 76.3 Å². The zero-order valence-corrected chi connectivity index (χ0v) is 7.92. The number of nitrogens with zero attached hydrogens (tertiary/aromatic N) is 1. The van der Waals surface area contributed by atoms with E-state index in [1.165, 1.54) is 0 Å². The van der Waals surface area contributed by atoms with E-state index in [0.29, 0.717) is 5.89 Å². The molecule has 0 saturated heterocycles. The molecule has 0 bridgehead atoms. The van der Waals surface area contributed by atoms with Gasteiger partial charge in [-0.3, -0.25) is 0 Å². The Kier molecular flexibility index (Phi) is 1.72. The molecule has 0 radical (unpaired) electrons. The molecule has 1 heterocycles. The number of hydrogen-bond donors (Lipinski definition) is 0. The molecule has 0 aliphatic rings. The third-order valence-corrected chi connectivity index (χ3v) is 1.99. The molecule has 0 aliphatic heterocycles. The molecule has 0 saturated carbocycles. The van der Waals surface area contributed by atoms with Gasteiger partial charge in [0.1, 0.15) is 11.3 Å². The van der Waals surface area contributed by atoms with Crippen molar-refractivity contribution in [1.29, 1.82) is 0 Å². The lowest BCUT2D eigenvalue weighted by Gasteiger charge is -1.99. The number of fused-ring (bicyclic) bond motifs is 1. The Balaban J connectivity index is 2.75. The lowest BCUT2D eigenvalue weighted by Crippen LogP contribution is -1.84. The van der Waals surface area contributed by atoms with Gasteiger partial charge in [-0.25, -0.2) is 4.98 Å². The number of ether oxygens (including phenoxy) is 1. The lowest BCUT2D eigenvalue weighted by molar-refractivity contribution is 0.415. The fourth-order valence-corrected chi connectivity index (χ4v) is 1.40. The van der Waals surface area contributed by atoms with Crippen LogP contribution in [-0.2, 0) is 0 Å². The van der Waals surface area contributed by atoms with Crippen molar-refractivity contribution in [3.63, 3.8) is 0 Å². The first kappa shape index (κ1) is 8.10. The average molecular weight is 177 g/mol. The molecule has 0 unspecified atom stereocenters. The van der Waals surface area contributed by atoms with Crippen molar-refractivity contribution in [3.05, 3.63) is 23.6 Å². The molecule has 1 aromatic carbocycles. The minimum Gasteiger partial charge on any atom is -0.497 e. The highest BCUT2D eigenvalue weighted by molar-refractivity contribution is 5.78. The maximum absolute atomic E-state index is 5.43. The van der Waals surface area contributed by atoms with Crippen molar-refractivity contribution in [2.24, 2.45) is 0 Å². The Hall–Kier alpha value is -1.51. The monoisotopic (exact) mass is 177 g/mol. The summed E-state index contributed by atoms with van der Waals surface area (Å²) in [5, 5.41) is 0. The molecule has 13 heavy (non-hydrogen) atoms. The van der Waals surface area contributed by atoms with Gasteiger partial charge < -0.3 is 9.15 Å². The van der Waals surface area contributed by atoms with Gasteiger partial charge in [-0.1, -0.05) is 0 Å². The summed E-state index contributed by atoms with van der Waals surface area (Å²) in [5.41, 5.74) is 2.75. The van der Waals surface area contributed by atoms with Crippen LogP contribution in [0.5, 0.6) is 5.75 Å². The average Bonchev–Trinajstić information content (AvgIpc) is 2.46. The van der Waals surface area contributed by atoms with Crippen LogP contribution in [-0.4, -0.2) is 12.1 Å². The molecular formula is C10H11NO2. The van der Waals surface area contributed by atoms with Crippen molar-refractivity contribution in [2.45, 2.75) is 13.8 Å². The van der Waals surface area contributed by atoms with E-state index in [2.05, 4.69) is 4.98 Å². The number of hydrogen-bond acceptors (Lipinski definition) is 3. The van der Waals surface area contributed by atoms with E-state index in [1.54, 1.807) is 7.11 Å². The van der Waals surface area contributed by atoms with Crippen LogP contribution in [0.1, 0.15) is 11.5 Å². The van der Waals surface area contributed by atoms with E-state index >= 15 is 0 Å².